The third-order valence-electron chi connectivity index (χ3n) is 2.78. The Balaban J connectivity index is 2.21. The fraction of sp³-hybridized carbons (Fsp3) is 0.214. The third kappa shape index (κ3) is 3.07. The van der Waals surface area contributed by atoms with Gasteiger partial charge in [0.2, 0.25) is 0 Å². The molecule has 0 unspecified atom stereocenters. The van der Waals surface area contributed by atoms with Gasteiger partial charge in [-0.05, 0) is 19.1 Å². The van der Waals surface area contributed by atoms with E-state index in [1.165, 1.54) is 0 Å². The van der Waals surface area contributed by atoms with E-state index in [-0.39, 0.29) is 18.9 Å². The van der Waals surface area contributed by atoms with Crippen molar-refractivity contribution in [1.29, 1.82) is 0 Å². The number of para-hydroxylation sites is 1. The Hall–Kier alpha value is -2.43. The zero-order valence-electron chi connectivity index (χ0n) is 10.5. The van der Waals surface area contributed by atoms with Crippen molar-refractivity contribution in [3.63, 3.8) is 0 Å². The van der Waals surface area contributed by atoms with Crippen LogP contribution >= 0.6 is 0 Å². The van der Waals surface area contributed by atoms with Crippen LogP contribution in [0.4, 0.5) is 0 Å². The molecule has 2 aromatic rings. The highest BCUT2D eigenvalue weighted by Crippen LogP contribution is 2.16. The number of carboxylic acid groups (broad SMARTS) is 1. The van der Waals surface area contributed by atoms with Crippen LogP contribution in [0.1, 0.15) is 22.5 Å². The van der Waals surface area contributed by atoms with Gasteiger partial charge in [-0.3, -0.25) is 14.6 Å². The second-order valence-electron chi connectivity index (χ2n) is 4.21. The van der Waals surface area contributed by atoms with E-state index in [4.69, 9.17) is 5.11 Å². The SMILES string of the molecule is Cc1nc2ccccc2cc1C(=O)NCCC(=O)O. The predicted molar refractivity (Wildman–Crippen MR) is 71.1 cm³/mol. The van der Waals surface area contributed by atoms with E-state index in [0.717, 1.165) is 10.9 Å². The summed E-state index contributed by atoms with van der Waals surface area (Å²) in [6.07, 6.45) is -0.0915. The van der Waals surface area contributed by atoms with Gasteiger partial charge < -0.3 is 10.4 Å². The van der Waals surface area contributed by atoms with Crippen LogP contribution in [0.2, 0.25) is 0 Å². The largest absolute Gasteiger partial charge is 0.481 e. The number of nitrogens with zero attached hydrogens (tertiary/aromatic N) is 1. The Labute approximate surface area is 110 Å². The first-order valence-electron chi connectivity index (χ1n) is 5.94. The molecule has 0 fully saturated rings. The summed E-state index contributed by atoms with van der Waals surface area (Å²) in [4.78, 5) is 26.7. The van der Waals surface area contributed by atoms with Gasteiger partial charge in [-0.25, -0.2) is 0 Å². The van der Waals surface area contributed by atoms with Crippen molar-refractivity contribution in [3.05, 3.63) is 41.6 Å². The van der Waals surface area contributed by atoms with Gasteiger partial charge >= 0.3 is 5.97 Å². The Kier molecular flexibility index (Phi) is 3.75. The molecule has 1 aromatic heterocycles. The molecular weight excluding hydrogens is 244 g/mol. The number of aryl methyl sites for hydroxylation is 1. The van der Waals surface area contributed by atoms with Crippen LogP contribution in [0.5, 0.6) is 0 Å². The minimum Gasteiger partial charge on any atom is -0.481 e. The summed E-state index contributed by atoms with van der Waals surface area (Å²) < 4.78 is 0. The van der Waals surface area contributed by atoms with Gasteiger partial charge in [-0.2, -0.15) is 0 Å². The summed E-state index contributed by atoms with van der Waals surface area (Å²) in [7, 11) is 0. The minimum absolute atomic E-state index is 0.0915. The predicted octanol–water partition coefficient (Wildman–Crippen LogP) is 1.75. The fourth-order valence-corrected chi connectivity index (χ4v) is 1.82. The molecule has 19 heavy (non-hydrogen) atoms. The first kappa shape index (κ1) is 13.0. The number of carbonyl (C=O) groups is 2. The molecule has 0 radical (unpaired) electrons. The maximum Gasteiger partial charge on any atom is 0.305 e. The summed E-state index contributed by atoms with van der Waals surface area (Å²) in [6, 6.07) is 9.31. The highest BCUT2D eigenvalue weighted by molar-refractivity contribution is 5.98. The van der Waals surface area contributed by atoms with Crippen molar-refractivity contribution in [2.45, 2.75) is 13.3 Å². The molecule has 0 aliphatic heterocycles. The molecule has 5 nitrogen and oxygen atoms in total. The number of carbonyl (C=O) groups excluding carboxylic acids is 1. The number of amides is 1. The molecule has 0 bridgehead atoms. The lowest BCUT2D eigenvalue weighted by Gasteiger charge is -2.07. The zero-order chi connectivity index (χ0) is 13.8. The van der Waals surface area contributed by atoms with Gasteiger partial charge in [0.1, 0.15) is 0 Å². The van der Waals surface area contributed by atoms with Crippen molar-refractivity contribution in [2.24, 2.45) is 0 Å². The van der Waals surface area contributed by atoms with Gasteiger partial charge in [0.15, 0.2) is 0 Å². The lowest BCUT2D eigenvalue weighted by atomic mass is 10.1. The lowest BCUT2D eigenvalue weighted by Crippen LogP contribution is -2.26. The fourth-order valence-electron chi connectivity index (χ4n) is 1.82. The third-order valence-corrected chi connectivity index (χ3v) is 2.78. The number of aromatic nitrogens is 1. The number of rotatable bonds is 4. The second-order valence-corrected chi connectivity index (χ2v) is 4.21. The number of hydrogen-bond donors (Lipinski definition) is 2. The van der Waals surface area contributed by atoms with Crippen molar-refractivity contribution in [1.82, 2.24) is 10.3 Å². The molecule has 2 rings (SSSR count). The zero-order valence-corrected chi connectivity index (χ0v) is 10.5. The Bertz CT molecular complexity index is 638. The maximum absolute atomic E-state index is 11.9. The molecule has 0 saturated carbocycles. The van der Waals surface area contributed by atoms with Crippen molar-refractivity contribution in [3.8, 4) is 0 Å². The van der Waals surface area contributed by atoms with E-state index in [1.807, 2.05) is 24.3 Å². The van der Waals surface area contributed by atoms with Crippen LogP contribution in [0.25, 0.3) is 10.9 Å². The number of benzene rings is 1. The average Bonchev–Trinajstić information content (AvgIpc) is 2.37. The van der Waals surface area contributed by atoms with Crippen LogP contribution in [0, 0.1) is 6.92 Å². The van der Waals surface area contributed by atoms with Gasteiger partial charge in [0.05, 0.1) is 23.2 Å². The topological polar surface area (TPSA) is 79.3 Å². The normalized spacial score (nSPS) is 10.4. The van der Waals surface area contributed by atoms with Gasteiger partial charge in [-0.1, -0.05) is 18.2 Å². The van der Waals surface area contributed by atoms with Gasteiger partial charge in [-0.15, -0.1) is 0 Å². The molecule has 5 heteroatoms. The average molecular weight is 258 g/mol. The van der Waals surface area contributed by atoms with E-state index in [1.54, 1.807) is 13.0 Å². The molecule has 2 N–H and O–H groups in total. The number of pyridine rings is 1. The van der Waals surface area contributed by atoms with E-state index in [2.05, 4.69) is 10.3 Å². The highest BCUT2D eigenvalue weighted by Gasteiger charge is 2.11. The number of hydrogen-bond acceptors (Lipinski definition) is 3. The van der Waals surface area contributed by atoms with Crippen molar-refractivity contribution >= 4 is 22.8 Å². The molecule has 1 heterocycles. The molecule has 0 aliphatic carbocycles. The summed E-state index contributed by atoms with van der Waals surface area (Å²) >= 11 is 0. The number of carboxylic acids is 1. The standard InChI is InChI=1S/C14H14N2O3/c1-9-11(14(19)15-7-6-13(17)18)8-10-4-2-3-5-12(10)16-9/h2-5,8H,6-7H2,1H3,(H,15,19)(H,17,18). The van der Waals surface area contributed by atoms with E-state index < -0.39 is 5.97 Å². The number of nitrogens with one attached hydrogen (secondary N) is 1. The lowest BCUT2D eigenvalue weighted by molar-refractivity contribution is -0.136. The highest BCUT2D eigenvalue weighted by atomic mass is 16.4. The smallest absolute Gasteiger partial charge is 0.305 e. The number of aliphatic carboxylic acids is 1. The first-order valence-corrected chi connectivity index (χ1v) is 5.94. The molecular formula is C14H14N2O3. The quantitative estimate of drug-likeness (QED) is 0.875. The minimum atomic E-state index is -0.936. The molecule has 0 saturated heterocycles. The second kappa shape index (κ2) is 5.48. The molecule has 0 atom stereocenters. The summed E-state index contributed by atoms with van der Waals surface area (Å²) in [5.74, 6) is -1.23. The first-order chi connectivity index (χ1) is 9.08. The molecule has 1 aromatic carbocycles. The van der Waals surface area contributed by atoms with E-state index in [9.17, 15) is 9.59 Å². The summed E-state index contributed by atoms with van der Waals surface area (Å²) in [5, 5.41) is 12.0. The van der Waals surface area contributed by atoms with Gasteiger partial charge in [0, 0.05) is 11.9 Å². The van der Waals surface area contributed by atoms with Gasteiger partial charge in [0.25, 0.3) is 5.91 Å². The Morgan fingerprint density at radius 3 is 2.79 bits per heavy atom. The maximum atomic E-state index is 11.9. The molecule has 0 aliphatic rings. The van der Waals surface area contributed by atoms with Crippen molar-refractivity contribution < 1.29 is 14.7 Å². The monoisotopic (exact) mass is 258 g/mol. The van der Waals surface area contributed by atoms with E-state index in [0.29, 0.717) is 11.3 Å². The summed E-state index contributed by atoms with van der Waals surface area (Å²) in [6.45, 7) is 1.87. The van der Waals surface area contributed by atoms with E-state index >= 15 is 0 Å². The van der Waals surface area contributed by atoms with Crippen LogP contribution in [0.3, 0.4) is 0 Å². The Morgan fingerprint density at radius 1 is 1.32 bits per heavy atom. The molecule has 0 spiro atoms. The molecule has 1 amide bonds. The molecule has 98 valence electrons. The Morgan fingerprint density at radius 2 is 2.05 bits per heavy atom. The number of fused-ring (bicyclic) bond motifs is 1. The van der Waals surface area contributed by atoms with Crippen LogP contribution in [-0.2, 0) is 4.79 Å². The van der Waals surface area contributed by atoms with Crippen LogP contribution in [0.15, 0.2) is 30.3 Å². The van der Waals surface area contributed by atoms with Crippen molar-refractivity contribution in [2.75, 3.05) is 6.54 Å². The van der Waals surface area contributed by atoms with Crippen LogP contribution in [-0.4, -0.2) is 28.5 Å². The van der Waals surface area contributed by atoms with Crippen LogP contribution < -0.4 is 5.32 Å². The summed E-state index contributed by atoms with van der Waals surface area (Å²) in [5.41, 5.74) is 1.94.